The van der Waals surface area contributed by atoms with E-state index in [0.717, 1.165) is 26.1 Å². The molecular formula is C14H16N2O4. The molecule has 6 heteroatoms. The summed E-state index contributed by atoms with van der Waals surface area (Å²) in [4.78, 5) is 25.8. The minimum atomic E-state index is -0.988. The van der Waals surface area contributed by atoms with Crippen molar-refractivity contribution in [2.45, 2.75) is 19.4 Å². The van der Waals surface area contributed by atoms with Crippen LogP contribution in [-0.2, 0) is 11.3 Å². The number of imidazole rings is 1. The number of carboxylic acids is 1. The van der Waals surface area contributed by atoms with Gasteiger partial charge < -0.3 is 14.8 Å². The zero-order valence-electron chi connectivity index (χ0n) is 11.0. The maximum atomic E-state index is 12.0. The number of benzene rings is 1. The van der Waals surface area contributed by atoms with Gasteiger partial charge in [0.1, 0.15) is 0 Å². The number of aromatic carboxylic acids is 1. The van der Waals surface area contributed by atoms with Crippen LogP contribution in [0.1, 0.15) is 23.2 Å². The van der Waals surface area contributed by atoms with E-state index in [1.165, 1.54) is 6.07 Å². The fraction of sp³-hybridized carbons (Fsp3) is 0.429. The van der Waals surface area contributed by atoms with Gasteiger partial charge >= 0.3 is 11.7 Å². The van der Waals surface area contributed by atoms with Crippen LogP contribution in [0.3, 0.4) is 0 Å². The van der Waals surface area contributed by atoms with E-state index < -0.39 is 5.97 Å². The van der Waals surface area contributed by atoms with Gasteiger partial charge in [-0.25, -0.2) is 9.59 Å². The van der Waals surface area contributed by atoms with E-state index in [1.54, 1.807) is 16.7 Å². The summed E-state index contributed by atoms with van der Waals surface area (Å²) in [6.45, 7) is 2.05. The van der Waals surface area contributed by atoms with Gasteiger partial charge in [0.2, 0.25) is 0 Å². The van der Waals surface area contributed by atoms with E-state index >= 15 is 0 Å². The number of rotatable bonds is 3. The van der Waals surface area contributed by atoms with Crippen LogP contribution >= 0.6 is 0 Å². The fourth-order valence-corrected chi connectivity index (χ4v) is 2.65. The van der Waals surface area contributed by atoms with Gasteiger partial charge in [-0.2, -0.15) is 0 Å². The molecule has 1 saturated heterocycles. The summed E-state index contributed by atoms with van der Waals surface area (Å²) in [6.07, 6.45) is 1.86. The standard InChI is InChI=1S/C14H16N2O4/c17-13(18)10-1-2-11-12(7-10)16(14(19)15-11)8-9-3-5-20-6-4-9/h1-2,7,9H,3-6,8H2,(H,15,19)(H,17,18). The van der Waals surface area contributed by atoms with Crippen LogP contribution in [0, 0.1) is 5.92 Å². The number of carbonyl (C=O) groups is 1. The summed E-state index contributed by atoms with van der Waals surface area (Å²) in [5.41, 5.74) is 1.33. The Morgan fingerprint density at radius 2 is 2.15 bits per heavy atom. The lowest BCUT2D eigenvalue weighted by Crippen LogP contribution is -2.25. The quantitative estimate of drug-likeness (QED) is 0.888. The molecule has 0 spiro atoms. The number of H-pyrrole nitrogens is 1. The van der Waals surface area contributed by atoms with Gasteiger partial charge in [0, 0.05) is 19.8 Å². The van der Waals surface area contributed by atoms with Crippen LogP contribution < -0.4 is 5.69 Å². The summed E-state index contributed by atoms with van der Waals surface area (Å²) in [6, 6.07) is 4.69. The predicted octanol–water partition coefficient (Wildman–Crippen LogP) is 1.45. The van der Waals surface area contributed by atoms with Crippen molar-refractivity contribution < 1.29 is 14.6 Å². The topological polar surface area (TPSA) is 84.3 Å². The highest BCUT2D eigenvalue weighted by Crippen LogP contribution is 2.19. The van der Waals surface area contributed by atoms with Crippen molar-refractivity contribution in [1.29, 1.82) is 0 Å². The second-order valence-electron chi connectivity index (χ2n) is 5.13. The van der Waals surface area contributed by atoms with Crippen LogP contribution in [0.25, 0.3) is 11.0 Å². The molecule has 0 atom stereocenters. The first kappa shape index (κ1) is 12.9. The van der Waals surface area contributed by atoms with E-state index in [-0.39, 0.29) is 11.3 Å². The van der Waals surface area contributed by atoms with Gasteiger partial charge in [0.25, 0.3) is 0 Å². The molecule has 2 N–H and O–H groups in total. The van der Waals surface area contributed by atoms with E-state index in [1.807, 2.05) is 0 Å². The second-order valence-corrected chi connectivity index (χ2v) is 5.13. The molecule has 6 nitrogen and oxygen atoms in total. The highest BCUT2D eigenvalue weighted by atomic mass is 16.5. The summed E-state index contributed by atoms with van der Waals surface area (Å²) in [5, 5.41) is 9.05. The molecule has 1 aromatic heterocycles. The Hall–Kier alpha value is -2.08. The fourth-order valence-electron chi connectivity index (χ4n) is 2.65. The molecule has 0 amide bonds. The second kappa shape index (κ2) is 5.13. The van der Waals surface area contributed by atoms with Crippen molar-refractivity contribution in [3.8, 4) is 0 Å². The molecule has 1 fully saturated rings. The average Bonchev–Trinajstić information content (AvgIpc) is 2.75. The van der Waals surface area contributed by atoms with E-state index in [2.05, 4.69) is 4.98 Å². The number of fused-ring (bicyclic) bond motifs is 1. The van der Waals surface area contributed by atoms with Crippen molar-refractivity contribution in [3.05, 3.63) is 34.2 Å². The average molecular weight is 276 g/mol. The Labute approximate surface area is 115 Å². The minimum absolute atomic E-state index is 0.186. The molecule has 3 rings (SSSR count). The number of hydrogen-bond donors (Lipinski definition) is 2. The summed E-state index contributed by atoms with van der Waals surface area (Å²) < 4.78 is 6.95. The summed E-state index contributed by atoms with van der Waals surface area (Å²) in [7, 11) is 0. The maximum Gasteiger partial charge on any atom is 0.335 e. The Morgan fingerprint density at radius 3 is 2.85 bits per heavy atom. The maximum absolute atomic E-state index is 12.0. The lowest BCUT2D eigenvalue weighted by Gasteiger charge is -2.22. The van der Waals surface area contributed by atoms with Crippen LogP contribution in [-0.4, -0.2) is 33.8 Å². The largest absolute Gasteiger partial charge is 0.478 e. The first-order valence-electron chi connectivity index (χ1n) is 6.69. The van der Waals surface area contributed by atoms with Crippen LogP contribution in [0.15, 0.2) is 23.0 Å². The lowest BCUT2D eigenvalue weighted by atomic mass is 10.0. The Morgan fingerprint density at radius 1 is 1.40 bits per heavy atom. The molecule has 2 heterocycles. The highest BCUT2D eigenvalue weighted by Gasteiger charge is 2.17. The Bertz CT molecular complexity index is 695. The van der Waals surface area contributed by atoms with E-state index in [9.17, 15) is 9.59 Å². The molecule has 0 radical (unpaired) electrons. The molecule has 0 aliphatic carbocycles. The number of aromatic nitrogens is 2. The van der Waals surface area contributed by atoms with Crippen LogP contribution in [0.2, 0.25) is 0 Å². The molecule has 0 bridgehead atoms. The Kier molecular flexibility index (Phi) is 3.31. The van der Waals surface area contributed by atoms with Crippen molar-refractivity contribution in [1.82, 2.24) is 9.55 Å². The molecule has 1 aliphatic heterocycles. The third-order valence-electron chi connectivity index (χ3n) is 3.80. The molecule has 106 valence electrons. The van der Waals surface area contributed by atoms with E-state index in [0.29, 0.717) is 23.5 Å². The predicted molar refractivity (Wildman–Crippen MR) is 73.1 cm³/mol. The molecule has 20 heavy (non-hydrogen) atoms. The third kappa shape index (κ3) is 2.34. The third-order valence-corrected chi connectivity index (χ3v) is 3.80. The first-order chi connectivity index (χ1) is 9.65. The van der Waals surface area contributed by atoms with Crippen LogP contribution in [0.5, 0.6) is 0 Å². The highest BCUT2D eigenvalue weighted by molar-refractivity contribution is 5.92. The monoisotopic (exact) mass is 276 g/mol. The van der Waals surface area contributed by atoms with Gasteiger partial charge in [-0.15, -0.1) is 0 Å². The van der Waals surface area contributed by atoms with Gasteiger partial charge in [-0.1, -0.05) is 0 Å². The smallest absolute Gasteiger partial charge is 0.335 e. The van der Waals surface area contributed by atoms with Gasteiger partial charge in [0.05, 0.1) is 16.6 Å². The molecule has 2 aromatic rings. The van der Waals surface area contributed by atoms with Gasteiger partial charge in [0.15, 0.2) is 0 Å². The van der Waals surface area contributed by atoms with Crippen molar-refractivity contribution in [2.24, 2.45) is 5.92 Å². The molecular weight excluding hydrogens is 260 g/mol. The SMILES string of the molecule is O=C(O)c1ccc2[nH]c(=O)n(CC3CCOCC3)c2c1. The number of aromatic amines is 1. The number of carboxylic acid groups (broad SMARTS) is 1. The summed E-state index contributed by atoms with van der Waals surface area (Å²) in [5.74, 6) is -0.591. The van der Waals surface area contributed by atoms with Gasteiger partial charge in [-0.3, -0.25) is 4.57 Å². The van der Waals surface area contributed by atoms with Crippen LogP contribution in [0.4, 0.5) is 0 Å². The Balaban J connectivity index is 1.99. The molecule has 1 aliphatic rings. The van der Waals surface area contributed by atoms with E-state index in [4.69, 9.17) is 9.84 Å². The molecule has 0 saturated carbocycles. The zero-order valence-corrected chi connectivity index (χ0v) is 11.0. The summed E-state index contributed by atoms with van der Waals surface area (Å²) >= 11 is 0. The zero-order chi connectivity index (χ0) is 14.1. The van der Waals surface area contributed by atoms with Crippen molar-refractivity contribution in [2.75, 3.05) is 13.2 Å². The normalized spacial score (nSPS) is 16.6. The van der Waals surface area contributed by atoms with Gasteiger partial charge in [-0.05, 0) is 37.0 Å². The van der Waals surface area contributed by atoms with Crippen molar-refractivity contribution >= 4 is 17.0 Å². The lowest BCUT2D eigenvalue weighted by molar-refractivity contribution is 0.0613. The molecule has 0 unspecified atom stereocenters. The first-order valence-corrected chi connectivity index (χ1v) is 6.69. The number of nitrogens with zero attached hydrogens (tertiary/aromatic N) is 1. The number of ether oxygens (including phenoxy) is 1. The van der Waals surface area contributed by atoms with Crippen molar-refractivity contribution in [3.63, 3.8) is 0 Å². The minimum Gasteiger partial charge on any atom is -0.478 e. The number of nitrogens with one attached hydrogen (secondary N) is 1. The number of hydrogen-bond acceptors (Lipinski definition) is 3. The molecule has 1 aromatic carbocycles.